The summed E-state index contributed by atoms with van der Waals surface area (Å²) in [5.74, 6) is 0.863. The van der Waals surface area contributed by atoms with Gasteiger partial charge in [0.15, 0.2) is 0 Å². The summed E-state index contributed by atoms with van der Waals surface area (Å²) < 4.78 is 15.6. The molecule has 0 spiro atoms. The summed E-state index contributed by atoms with van der Waals surface area (Å²) in [4.78, 5) is 53.3. The number of carbonyl (C=O) groups excluding carboxylic acids is 2. The predicted molar refractivity (Wildman–Crippen MR) is 231 cm³/mol. The molecule has 6 aromatic rings. The van der Waals surface area contributed by atoms with Gasteiger partial charge in [-0.1, -0.05) is 70.7 Å². The van der Waals surface area contributed by atoms with Gasteiger partial charge in [0.2, 0.25) is 11.9 Å². The lowest BCUT2D eigenvalue weighted by Gasteiger charge is -2.39. The standard InChI is InChI=1S/C44H38Cl4N6O6/c45-33-15-13-29(23-35(33)47)57-31-19-25-9-10-26(20-31)51(25)43-49-37-5-1-3-7-39(37)53(43)59-41(55)17-18-42(56)60-54-40-8-4-2-6-38(40)50-44(54)52-27-11-12-28(52)22-32(21-27)58-30-14-16-34(46)36(48)24-30/h1-8,13-18,23-28,31-32H,9-12,19-22H2/b18-17+. The first-order chi connectivity index (χ1) is 29.1. The first kappa shape index (κ1) is 39.0. The SMILES string of the molecule is O=C(/C=C/C(=O)On1c(N2C3CCC2CC(Oc2ccc(Cl)c(Cl)c2)C3)nc2ccccc21)On1c(N2C3CCC2CC(Oc2ccc(Cl)c(Cl)c2)C3)nc2ccccc21. The second kappa shape index (κ2) is 16.0. The number of piperidine rings is 2. The van der Waals surface area contributed by atoms with Crippen LogP contribution in [-0.2, 0) is 9.59 Å². The number of imidazole rings is 2. The highest BCUT2D eigenvalue weighted by Gasteiger charge is 2.46. The number of fused-ring (bicyclic) bond motifs is 6. The summed E-state index contributed by atoms with van der Waals surface area (Å²) in [6.45, 7) is 0. The Balaban J connectivity index is 0.843. The number of nitrogens with zero attached hydrogens (tertiary/aromatic N) is 6. The minimum atomic E-state index is -0.764. The molecule has 4 aliphatic heterocycles. The van der Waals surface area contributed by atoms with E-state index in [1.165, 1.54) is 9.46 Å². The third-order valence-electron chi connectivity index (χ3n) is 12.0. The first-order valence-electron chi connectivity index (χ1n) is 20.0. The smallest absolute Gasteiger partial charge is 0.356 e. The van der Waals surface area contributed by atoms with E-state index in [1.807, 2.05) is 60.7 Å². The van der Waals surface area contributed by atoms with Gasteiger partial charge in [-0.05, 0) is 74.2 Å². The van der Waals surface area contributed by atoms with Crippen LogP contribution in [0, 0.1) is 0 Å². The van der Waals surface area contributed by atoms with Gasteiger partial charge in [0.05, 0.1) is 31.1 Å². The highest BCUT2D eigenvalue weighted by Crippen LogP contribution is 2.43. The summed E-state index contributed by atoms with van der Waals surface area (Å²) >= 11 is 24.8. The van der Waals surface area contributed by atoms with E-state index in [-0.39, 0.29) is 36.4 Å². The molecule has 16 heteroatoms. The summed E-state index contributed by atoms with van der Waals surface area (Å²) in [6, 6.07) is 26.0. The zero-order valence-corrected chi connectivity index (χ0v) is 35.0. The average molecular weight is 889 g/mol. The molecule has 4 aliphatic rings. The van der Waals surface area contributed by atoms with Gasteiger partial charge in [0.1, 0.15) is 34.7 Å². The van der Waals surface area contributed by atoms with Crippen LogP contribution in [0.2, 0.25) is 20.1 Å². The topological polar surface area (TPSA) is 113 Å². The van der Waals surface area contributed by atoms with E-state index >= 15 is 0 Å². The van der Waals surface area contributed by atoms with Crippen molar-refractivity contribution in [2.45, 2.75) is 87.7 Å². The maximum atomic E-state index is 13.5. The number of hydrogen-bond donors (Lipinski definition) is 0. The molecule has 4 fully saturated rings. The van der Waals surface area contributed by atoms with Crippen LogP contribution in [0.5, 0.6) is 11.5 Å². The number of aromatic nitrogens is 4. The number of para-hydroxylation sites is 4. The van der Waals surface area contributed by atoms with Crippen molar-refractivity contribution in [1.82, 2.24) is 19.4 Å². The average Bonchev–Trinajstić information content (AvgIpc) is 3.93. The van der Waals surface area contributed by atoms with Crippen molar-refractivity contribution < 1.29 is 28.7 Å². The Kier molecular flexibility index (Phi) is 10.4. The van der Waals surface area contributed by atoms with Gasteiger partial charge >= 0.3 is 11.9 Å². The second-order valence-corrected chi connectivity index (χ2v) is 17.3. The third-order valence-corrected chi connectivity index (χ3v) is 13.4. The van der Waals surface area contributed by atoms with Gasteiger partial charge in [0.25, 0.3) is 0 Å². The first-order valence-corrected chi connectivity index (χ1v) is 21.5. The molecule has 308 valence electrons. The lowest BCUT2D eigenvalue weighted by Crippen LogP contribution is -2.48. The van der Waals surface area contributed by atoms with E-state index in [2.05, 4.69) is 9.80 Å². The Hall–Kier alpha value is -5.14. The van der Waals surface area contributed by atoms with Gasteiger partial charge in [-0.25, -0.2) is 19.6 Å². The molecule has 0 saturated carbocycles. The predicted octanol–water partition coefficient (Wildman–Crippen LogP) is 9.32. The third kappa shape index (κ3) is 7.48. The molecular weight excluding hydrogens is 850 g/mol. The molecule has 12 nitrogen and oxygen atoms in total. The largest absolute Gasteiger partial charge is 0.490 e. The van der Waals surface area contributed by atoms with Crippen molar-refractivity contribution >= 4 is 92.3 Å². The quantitative estimate of drug-likeness (QED) is 0.123. The van der Waals surface area contributed by atoms with Crippen molar-refractivity contribution in [2.24, 2.45) is 0 Å². The Bertz CT molecular complexity index is 2460. The number of benzene rings is 4. The van der Waals surface area contributed by atoms with Crippen molar-refractivity contribution in [1.29, 1.82) is 0 Å². The molecule has 0 radical (unpaired) electrons. The molecule has 0 N–H and O–H groups in total. The number of hydrogen-bond acceptors (Lipinski definition) is 10. The molecule has 4 bridgehead atoms. The van der Waals surface area contributed by atoms with Gasteiger partial charge in [-0.15, -0.1) is 9.46 Å². The Morgan fingerprint density at radius 1 is 0.533 bits per heavy atom. The van der Waals surface area contributed by atoms with E-state index in [9.17, 15) is 9.59 Å². The van der Waals surface area contributed by atoms with Gasteiger partial charge in [0, 0.05) is 74.1 Å². The Morgan fingerprint density at radius 3 is 1.30 bits per heavy atom. The lowest BCUT2D eigenvalue weighted by molar-refractivity contribution is -0.140. The van der Waals surface area contributed by atoms with Crippen LogP contribution in [0.3, 0.4) is 0 Å². The second-order valence-electron chi connectivity index (χ2n) is 15.7. The fourth-order valence-corrected chi connectivity index (χ4v) is 10.0. The summed E-state index contributed by atoms with van der Waals surface area (Å²) in [5, 5.41) is 1.84. The van der Waals surface area contributed by atoms with Gasteiger partial charge in [-0.3, -0.25) is 0 Å². The van der Waals surface area contributed by atoms with E-state index in [1.54, 1.807) is 24.3 Å². The number of rotatable bonds is 10. The lowest BCUT2D eigenvalue weighted by atomic mass is 10.00. The van der Waals surface area contributed by atoms with E-state index in [4.69, 9.17) is 75.5 Å². The fraction of sp³-hybridized carbons (Fsp3) is 0.318. The van der Waals surface area contributed by atoms with Gasteiger partial charge in [-0.2, -0.15) is 0 Å². The molecule has 10 rings (SSSR count). The number of ether oxygens (including phenoxy) is 2. The summed E-state index contributed by atoms with van der Waals surface area (Å²) in [7, 11) is 0. The number of anilines is 2. The molecule has 60 heavy (non-hydrogen) atoms. The molecule has 2 aromatic heterocycles. The maximum absolute atomic E-state index is 13.5. The summed E-state index contributed by atoms with van der Waals surface area (Å²) in [5.41, 5.74) is 2.60. The number of carbonyl (C=O) groups is 2. The zero-order chi connectivity index (χ0) is 41.1. The molecule has 0 amide bonds. The van der Waals surface area contributed by atoms with Crippen LogP contribution in [0.15, 0.2) is 97.1 Å². The van der Waals surface area contributed by atoms with Crippen molar-refractivity contribution in [2.75, 3.05) is 9.80 Å². The zero-order valence-electron chi connectivity index (χ0n) is 32.0. The van der Waals surface area contributed by atoms with E-state index < -0.39 is 11.9 Å². The van der Waals surface area contributed by atoms with E-state index in [0.717, 1.165) is 63.5 Å². The molecular formula is C44H38Cl4N6O6. The van der Waals surface area contributed by atoms with Crippen LogP contribution in [0.4, 0.5) is 11.9 Å². The van der Waals surface area contributed by atoms with Crippen LogP contribution < -0.4 is 28.9 Å². The van der Waals surface area contributed by atoms with Crippen molar-refractivity contribution in [3.8, 4) is 11.5 Å². The van der Waals surface area contributed by atoms with Crippen LogP contribution >= 0.6 is 46.4 Å². The molecule has 4 unspecified atom stereocenters. The molecule has 4 aromatic carbocycles. The van der Waals surface area contributed by atoms with Crippen LogP contribution in [-0.4, -0.2) is 67.7 Å². The highest BCUT2D eigenvalue weighted by atomic mass is 35.5. The Morgan fingerprint density at radius 2 is 0.917 bits per heavy atom. The van der Waals surface area contributed by atoms with E-state index in [0.29, 0.717) is 65.6 Å². The Labute approximate surface area is 365 Å². The monoisotopic (exact) mass is 886 g/mol. The van der Waals surface area contributed by atoms with Gasteiger partial charge < -0.3 is 28.9 Å². The number of halogens is 4. The van der Waals surface area contributed by atoms with Crippen molar-refractivity contribution in [3.05, 3.63) is 117 Å². The minimum absolute atomic E-state index is 0.0327. The maximum Gasteiger partial charge on any atom is 0.356 e. The molecule has 6 heterocycles. The van der Waals surface area contributed by atoms with Crippen LogP contribution in [0.25, 0.3) is 22.1 Å². The minimum Gasteiger partial charge on any atom is -0.490 e. The highest BCUT2D eigenvalue weighted by molar-refractivity contribution is 6.42. The van der Waals surface area contributed by atoms with Crippen LogP contribution in [0.1, 0.15) is 51.4 Å². The fourth-order valence-electron chi connectivity index (χ4n) is 9.45. The molecule has 4 saturated heterocycles. The molecule has 0 aliphatic carbocycles. The normalized spacial score (nSPS) is 23.5. The molecule has 4 atom stereocenters. The van der Waals surface area contributed by atoms with Crippen molar-refractivity contribution in [3.63, 3.8) is 0 Å². The summed E-state index contributed by atoms with van der Waals surface area (Å²) in [6.07, 6.45) is 8.81.